The first-order valence-electron chi connectivity index (χ1n) is 10.3. The Hall–Kier alpha value is -3.48. The minimum Gasteiger partial charge on any atom is -0.468 e. The Bertz CT molecular complexity index is 1110. The number of methoxy groups -OCH3 is 2. The molecule has 0 radical (unpaired) electrons. The van der Waals surface area contributed by atoms with Crippen LogP contribution >= 0.6 is 0 Å². The number of benzene rings is 3. The number of esters is 2. The van der Waals surface area contributed by atoms with Crippen molar-refractivity contribution in [3.63, 3.8) is 0 Å². The van der Waals surface area contributed by atoms with Crippen molar-refractivity contribution < 1.29 is 24.2 Å². The summed E-state index contributed by atoms with van der Waals surface area (Å²) in [5.41, 5.74) is 1.46. The lowest BCUT2D eigenvalue weighted by atomic mass is 9.78. The van der Waals surface area contributed by atoms with Crippen molar-refractivity contribution in [2.45, 2.75) is 24.1 Å². The van der Waals surface area contributed by atoms with Gasteiger partial charge >= 0.3 is 11.9 Å². The van der Waals surface area contributed by atoms with E-state index >= 15 is 0 Å². The maximum absolute atomic E-state index is 12.9. The van der Waals surface area contributed by atoms with Gasteiger partial charge in [0.05, 0.1) is 19.8 Å². The van der Waals surface area contributed by atoms with Gasteiger partial charge in [-0.25, -0.2) is 4.79 Å². The predicted molar refractivity (Wildman–Crippen MR) is 120 cm³/mol. The highest BCUT2D eigenvalue weighted by molar-refractivity contribution is 5.90. The van der Waals surface area contributed by atoms with Crippen LogP contribution in [0.3, 0.4) is 0 Å². The Kier molecular flexibility index (Phi) is 5.59. The summed E-state index contributed by atoms with van der Waals surface area (Å²) in [6.45, 7) is 1.25. The van der Waals surface area contributed by atoms with Crippen LogP contribution < -0.4 is 5.32 Å². The molecule has 0 saturated heterocycles. The fourth-order valence-electron chi connectivity index (χ4n) is 4.56. The number of hydrogen-bond acceptors (Lipinski definition) is 6. The number of carbonyl (C=O) groups is 2. The molecular formula is C26H25NO5. The molecule has 0 aromatic heterocycles. The van der Waals surface area contributed by atoms with Crippen LogP contribution in [0.4, 0.5) is 0 Å². The van der Waals surface area contributed by atoms with Gasteiger partial charge in [-0.2, -0.15) is 0 Å². The molecule has 0 unspecified atom stereocenters. The number of rotatable bonds is 6. The standard InChI is InChI=1S/C26H25NO5/c1-25(30,24(29)32-3)22(23(28)31-2)27-26(17-11-5-4-6-12-17)20-15-9-7-13-18(20)19-14-8-10-16-21(19)26/h4-16,22,27,30H,1-3H3/t22-,25-/m1/s1. The van der Waals surface area contributed by atoms with E-state index in [2.05, 4.69) is 5.32 Å². The van der Waals surface area contributed by atoms with Crippen LogP contribution in [0, 0.1) is 0 Å². The Balaban J connectivity index is 2.02. The maximum atomic E-state index is 12.9. The van der Waals surface area contributed by atoms with Gasteiger partial charge in [-0.05, 0) is 34.7 Å². The number of ether oxygens (including phenoxy) is 2. The summed E-state index contributed by atoms with van der Waals surface area (Å²) in [5, 5.41) is 14.5. The molecule has 0 fully saturated rings. The number of fused-ring (bicyclic) bond motifs is 3. The van der Waals surface area contributed by atoms with E-state index in [-0.39, 0.29) is 0 Å². The van der Waals surface area contributed by atoms with Crippen LogP contribution in [-0.4, -0.2) is 42.9 Å². The Morgan fingerprint density at radius 3 is 1.84 bits per heavy atom. The van der Waals surface area contributed by atoms with E-state index in [1.54, 1.807) is 0 Å². The smallest absolute Gasteiger partial charge is 0.339 e. The zero-order valence-electron chi connectivity index (χ0n) is 18.2. The molecule has 2 N–H and O–H groups in total. The minimum absolute atomic E-state index is 0.780. The molecule has 1 aliphatic rings. The topological polar surface area (TPSA) is 84.9 Å². The second kappa shape index (κ2) is 8.22. The summed E-state index contributed by atoms with van der Waals surface area (Å²) in [6, 6.07) is 24.0. The zero-order chi connectivity index (χ0) is 22.9. The van der Waals surface area contributed by atoms with Crippen LogP contribution in [0.15, 0.2) is 78.9 Å². The van der Waals surface area contributed by atoms with Gasteiger partial charge < -0.3 is 14.6 Å². The number of carbonyl (C=O) groups excluding carboxylic acids is 2. The van der Waals surface area contributed by atoms with Crippen LogP contribution in [0.25, 0.3) is 11.1 Å². The van der Waals surface area contributed by atoms with Crippen molar-refractivity contribution in [2.75, 3.05) is 14.2 Å². The van der Waals surface area contributed by atoms with E-state index < -0.39 is 29.1 Å². The van der Waals surface area contributed by atoms with E-state index in [0.29, 0.717) is 0 Å². The van der Waals surface area contributed by atoms with Crippen molar-refractivity contribution in [2.24, 2.45) is 0 Å². The molecule has 6 heteroatoms. The molecule has 1 aliphatic carbocycles. The van der Waals surface area contributed by atoms with Gasteiger partial charge in [0.1, 0.15) is 6.04 Å². The molecule has 0 aliphatic heterocycles. The average molecular weight is 431 g/mol. The van der Waals surface area contributed by atoms with Gasteiger partial charge in [0.25, 0.3) is 0 Å². The molecule has 3 aromatic carbocycles. The molecule has 6 nitrogen and oxygen atoms in total. The lowest BCUT2D eigenvalue weighted by molar-refractivity contribution is -0.172. The van der Waals surface area contributed by atoms with E-state index in [4.69, 9.17) is 9.47 Å². The van der Waals surface area contributed by atoms with E-state index in [1.807, 2.05) is 78.9 Å². The first-order chi connectivity index (χ1) is 15.4. The van der Waals surface area contributed by atoms with E-state index in [1.165, 1.54) is 14.0 Å². The Labute approximate surface area is 186 Å². The zero-order valence-corrected chi connectivity index (χ0v) is 18.2. The highest BCUT2D eigenvalue weighted by atomic mass is 16.5. The fraction of sp³-hybridized carbons (Fsp3) is 0.231. The molecule has 0 spiro atoms. The van der Waals surface area contributed by atoms with Crippen LogP contribution in [0.1, 0.15) is 23.6 Å². The summed E-state index contributed by atoms with van der Waals surface area (Å²) in [5.74, 6) is -1.72. The number of nitrogens with one attached hydrogen (secondary N) is 1. The second-order valence-electron chi connectivity index (χ2n) is 7.95. The van der Waals surface area contributed by atoms with Crippen LogP contribution in [0.5, 0.6) is 0 Å². The normalized spacial score (nSPS) is 16.2. The lowest BCUT2D eigenvalue weighted by Gasteiger charge is -2.40. The first-order valence-corrected chi connectivity index (χ1v) is 10.3. The monoisotopic (exact) mass is 431 g/mol. The highest BCUT2D eigenvalue weighted by Crippen LogP contribution is 2.51. The average Bonchev–Trinajstić information content (AvgIpc) is 3.12. The molecule has 0 amide bonds. The summed E-state index contributed by atoms with van der Waals surface area (Å²) in [4.78, 5) is 25.4. The van der Waals surface area contributed by atoms with Gasteiger partial charge in [0.2, 0.25) is 0 Å². The van der Waals surface area contributed by atoms with Gasteiger partial charge in [0, 0.05) is 0 Å². The molecule has 3 aromatic rings. The molecule has 0 saturated carbocycles. The largest absolute Gasteiger partial charge is 0.468 e. The Morgan fingerprint density at radius 2 is 1.34 bits per heavy atom. The maximum Gasteiger partial charge on any atom is 0.339 e. The van der Waals surface area contributed by atoms with Crippen molar-refractivity contribution >= 4 is 11.9 Å². The lowest BCUT2D eigenvalue weighted by Crippen LogP contribution is -2.64. The van der Waals surface area contributed by atoms with E-state index in [0.717, 1.165) is 34.9 Å². The molecular weight excluding hydrogens is 406 g/mol. The summed E-state index contributed by atoms with van der Waals surface area (Å²) < 4.78 is 9.79. The molecule has 32 heavy (non-hydrogen) atoms. The van der Waals surface area contributed by atoms with E-state index in [9.17, 15) is 14.7 Å². The fourth-order valence-corrected chi connectivity index (χ4v) is 4.56. The third kappa shape index (κ3) is 3.20. The highest BCUT2D eigenvalue weighted by Gasteiger charge is 2.53. The minimum atomic E-state index is -2.18. The predicted octanol–water partition coefficient (Wildman–Crippen LogP) is 3.01. The Morgan fingerprint density at radius 1 is 0.844 bits per heavy atom. The molecule has 0 bridgehead atoms. The molecule has 2 atom stereocenters. The van der Waals surface area contributed by atoms with Crippen molar-refractivity contribution in [3.8, 4) is 11.1 Å². The summed E-state index contributed by atoms with van der Waals surface area (Å²) in [6.07, 6.45) is 0. The molecule has 4 rings (SSSR count). The van der Waals surface area contributed by atoms with Gasteiger partial charge in [-0.1, -0.05) is 78.9 Å². The number of hydrogen-bond donors (Lipinski definition) is 2. The van der Waals surface area contributed by atoms with Crippen molar-refractivity contribution in [1.29, 1.82) is 0 Å². The van der Waals surface area contributed by atoms with Gasteiger partial charge in [0.15, 0.2) is 5.60 Å². The van der Waals surface area contributed by atoms with Crippen molar-refractivity contribution in [1.82, 2.24) is 5.32 Å². The first kappa shape index (κ1) is 21.7. The van der Waals surface area contributed by atoms with Gasteiger partial charge in [-0.3, -0.25) is 10.1 Å². The molecule has 0 heterocycles. The quantitative estimate of drug-likeness (QED) is 0.584. The second-order valence-corrected chi connectivity index (χ2v) is 7.95. The summed E-state index contributed by atoms with van der Waals surface area (Å²) in [7, 11) is 2.38. The third-order valence-corrected chi connectivity index (χ3v) is 6.12. The van der Waals surface area contributed by atoms with Crippen LogP contribution in [-0.2, 0) is 24.6 Å². The van der Waals surface area contributed by atoms with Crippen molar-refractivity contribution in [3.05, 3.63) is 95.6 Å². The van der Waals surface area contributed by atoms with Gasteiger partial charge in [-0.15, -0.1) is 0 Å². The molecule has 164 valence electrons. The SMILES string of the molecule is COC(=O)[C@@H](NC1(c2ccccc2)c2ccccc2-c2ccccc21)[C@@](C)(O)C(=O)OC. The summed E-state index contributed by atoms with van der Waals surface area (Å²) >= 11 is 0. The van der Waals surface area contributed by atoms with Crippen LogP contribution in [0.2, 0.25) is 0 Å². The number of aliphatic hydroxyl groups is 1. The third-order valence-electron chi connectivity index (χ3n) is 6.12.